The Hall–Kier alpha value is -0.870. The van der Waals surface area contributed by atoms with Crippen molar-refractivity contribution >= 4 is 21.8 Å². The van der Waals surface area contributed by atoms with Gasteiger partial charge in [-0.2, -0.15) is 0 Å². The van der Waals surface area contributed by atoms with E-state index in [4.69, 9.17) is 0 Å². The molecule has 0 aromatic heterocycles. The fourth-order valence-electron chi connectivity index (χ4n) is 2.36. The number of nitrogens with zero attached hydrogens (tertiary/aromatic N) is 1. The number of rotatable bonds is 5. The van der Waals surface area contributed by atoms with E-state index in [9.17, 15) is 4.79 Å². The number of nitrogens with one attached hydrogen (secondary N) is 1. The molecule has 2 rings (SSSR count). The molecule has 1 aromatic carbocycles. The molecule has 0 atom stereocenters. The Kier molecular flexibility index (Phi) is 5.86. The standard InChI is InChI=1S/C15H21BrN2O/c16-14-7-3-2-6-13(14)12-17-9-8-15(19)18-10-4-1-5-11-18/h2-3,6-7,17H,1,4-5,8-12H2. The largest absolute Gasteiger partial charge is 0.343 e. The van der Waals surface area contributed by atoms with Crippen molar-refractivity contribution in [3.05, 3.63) is 34.3 Å². The first-order chi connectivity index (χ1) is 9.27. The molecule has 19 heavy (non-hydrogen) atoms. The van der Waals surface area contributed by atoms with Crippen LogP contribution in [-0.2, 0) is 11.3 Å². The van der Waals surface area contributed by atoms with Crippen molar-refractivity contribution in [1.82, 2.24) is 10.2 Å². The first kappa shape index (κ1) is 14.5. The summed E-state index contributed by atoms with van der Waals surface area (Å²) >= 11 is 3.52. The normalized spacial score (nSPS) is 15.5. The molecule has 104 valence electrons. The second-order valence-electron chi connectivity index (χ2n) is 4.96. The molecule has 1 N–H and O–H groups in total. The summed E-state index contributed by atoms with van der Waals surface area (Å²) in [6.07, 6.45) is 4.20. The number of carbonyl (C=O) groups is 1. The van der Waals surface area contributed by atoms with Gasteiger partial charge in [0, 0.05) is 37.1 Å². The van der Waals surface area contributed by atoms with E-state index in [2.05, 4.69) is 27.3 Å². The van der Waals surface area contributed by atoms with Crippen LogP contribution in [0.1, 0.15) is 31.2 Å². The van der Waals surface area contributed by atoms with E-state index in [-0.39, 0.29) is 0 Å². The van der Waals surface area contributed by atoms with Crippen molar-refractivity contribution in [3.8, 4) is 0 Å². The molecule has 0 unspecified atom stereocenters. The van der Waals surface area contributed by atoms with Gasteiger partial charge in [-0.25, -0.2) is 0 Å². The van der Waals surface area contributed by atoms with Crippen molar-refractivity contribution in [2.45, 2.75) is 32.2 Å². The van der Waals surface area contributed by atoms with Crippen molar-refractivity contribution in [2.75, 3.05) is 19.6 Å². The lowest BCUT2D eigenvalue weighted by atomic mass is 10.1. The van der Waals surface area contributed by atoms with Gasteiger partial charge in [0.05, 0.1) is 0 Å². The van der Waals surface area contributed by atoms with Gasteiger partial charge in [-0.05, 0) is 30.9 Å². The molecule has 0 radical (unpaired) electrons. The fourth-order valence-corrected chi connectivity index (χ4v) is 2.79. The molecule has 0 saturated carbocycles. The topological polar surface area (TPSA) is 32.3 Å². The number of halogens is 1. The smallest absolute Gasteiger partial charge is 0.223 e. The molecule has 1 aliphatic rings. The van der Waals surface area contributed by atoms with Crippen LogP contribution < -0.4 is 5.32 Å². The minimum atomic E-state index is 0.291. The molecule has 1 amide bonds. The Morgan fingerprint density at radius 2 is 1.95 bits per heavy atom. The molecular formula is C15H21BrN2O. The van der Waals surface area contributed by atoms with E-state index < -0.39 is 0 Å². The maximum Gasteiger partial charge on any atom is 0.223 e. The maximum absolute atomic E-state index is 12.0. The summed E-state index contributed by atoms with van der Waals surface area (Å²) in [7, 11) is 0. The number of piperidine rings is 1. The van der Waals surface area contributed by atoms with Crippen LogP contribution in [0.2, 0.25) is 0 Å². The van der Waals surface area contributed by atoms with E-state index in [1.165, 1.54) is 12.0 Å². The van der Waals surface area contributed by atoms with Crippen molar-refractivity contribution in [2.24, 2.45) is 0 Å². The second-order valence-corrected chi connectivity index (χ2v) is 5.81. The predicted octanol–water partition coefficient (Wildman–Crippen LogP) is 2.94. The highest BCUT2D eigenvalue weighted by Gasteiger charge is 2.15. The van der Waals surface area contributed by atoms with Crippen molar-refractivity contribution in [1.29, 1.82) is 0 Å². The number of amides is 1. The van der Waals surface area contributed by atoms with Gasteiger partial charge in [0.1, 0.15) is 0 Å². The summed E-state index contributed by atoms with van der Waals surface area (Å²) < 4.78 is 1.12. The molecule has 1 aromatic rings. The summed E-state index contributed by atoms with van der Waals surface area (Å²) in [5, 5.41) is 3.34. The quantitative estimate of drug-likeness (QED) is 0.844. The van der Waals surface area contributed by atoms with Crippen LogP contribution in [0.4, 0.5) is 0 Å². The van der Waals surface area contributed by atoms with E-state index >= 15 is 0 Å². The van der Waals surface area contributed by atoms with Gasteiger partial charge in [-0.3, -0.25) is 4.79 Å². The lowest BCUT2D eigenvalue weighted by Crippen LogP contribution is -2.37. The Bertz CT molecular complexity index is 416. The molecular weight excluding hydrogens is 304 g/mol. The highest BCUT2D eigenvalue weighted by molar-refractivity contribution is 9.10. The van der Waals surface area contributed by atoms with Gasteiger partial charge < -0.3 is 10.2 Å². The zero-order chi connectivity index (χ0) is 13.5. The molecule has 0 bridgehead atoms. The number of hydrogen-bond acceptors (Lipinski definition) is 2. The molecule has 0 aliphatic carbocycles. The van der Waals surface area contributed by atoms with Crippen LogP contribution in [0.5, 0.6) is 0 Å². The molecule has 0 spiro atoms. The zero-order valence-electron chi connectivity index (χ0n) is 11.2. The van der Waals surface area contributed by atoms with E-state index in [0.717, 1.165) is 43.5 Å². The number of carbonyl (C=O) groups excluding carboxylic acids is 1. The van der Waals surface area contributed by atoms with Crippen molar-refractivity contribution in [3.63, 3.8) is 0 Å². The first-order valence-electron chi connectivity index (χ1n) is 6.99. The maximum atomic E-state index is 12.0. The second kappa shape index (κ2) is 7.65. The minimum Gasteiger partial charge on any atom is -0.343 e. The van der Waals surface area contributed by atoms with Crippen LogP contribution in [-0.4, -0.2) is 30.4 Å². The van der Waals surface area contributed by atoms with Crippen LogP contribution >= 0.6 is 15.9 Å². The highest BCUT2D eigenvalue weighted by Crippen LogP contribution is 2.15. The zero-order valence-corrected chi connectivity index (χ0v) is 12.8. The minimum absolute atomic E-state index is 0.291. The van der Waals surface area contributed by atoms with E-state index in [1.54, 1.807) is 0 Å². The molecule has 1 heterocycles. The Morgan fingerprint density at radius 1 is 1.21 bits per heavy atom. The van der Waals surface area contributed by atoms with Gasteiger partial charge >= 0.3 is 0 Å². The van der Waals surface area contributed by atoms with Gasteiger partial charge in [0.25, 0.3) is 0 Å². The Morgan fingerprint density at radius 3 is 2.68 bits per heavy atom. The first-order valence-corrected chi connectivity index (χ1v) is 7.78. The monoisotopic (exact) mass is 324 g/mol. The lowest BCUT2D eigenvalue weighted by Gasteiger charge is -2.26. The molecule has 3 nitrogen and oxygen atoms in total. The number of likely N-dealkylation sites (tertiary alicyclic amines) is 1. The van der Waals surface area contributed by atoms with Crippen LogP contribution in [0.3, 0.4) is 0 Å². The van der Waals surface area contributed by atoms with Gasteiger partial charge in [0.2, 0.25) is 5.91 Å². The molecule has 4 heteroatoms. The van der Waals surface area contributed by atoms with Gasteiger partial charge in [-0.15, -0.1) is 0 Å². The summed E-state index contributed by atoms with van der Waals surface area (Å²) in [5.41, 5.74) is 1.23. The predicted molar refractivity (Wildman–Crippen MR) is 80.9 cm³/mol. The summed E-state index contributed by atoms with van der Waals surface area (Å²) in [5.74, 6) is 0.291. The van der Waals surface area contributed by atoms with Crippen molar-refractivity contribution < 1.29 is 4.79 Å². The third-order valence-electron chi connectivity index (χ3n) is 3.50. The molecule has 1 aliphatic heterocycles. The fraction of sp³-hybridized carbons (Fsp3) is 0.533. The molecule has 1 saturated heterocycles. The Labute approximate surface area is 123 Å². The summed E-state index contributed by atoms with van der Waals surface area (Å²) in [6, 6.07) is 8.16. The Balaban J connectivity index is 1.66. The van der Waals surface area contributed by atoms with Crippen LogP contribution in [0.25, 0.3) is 0 Å². The summed E-state index contributed by atoms with van der Waals surface area (Å²) in [4.78, 5) is 14.0. The van der Waals surface area contributed by atoms with Crippen LogP contribution in [0.15, 0.2) is 28.7 Å². The van der Waals surface area contributed by atoms with E-state index in [0.29, 0.717) is 12.3 Å². The van der Waals surface area contributed by atoms with Crippen LogP contribution in [0, 0.1) is 0 Å². The third-order valence-corrected chi connectivity index (χ3v) is 4.27. The third kappa shape index (κ3) is 4.62. The number of hydrogen-bond donors (Lipinski definition) is 1. The SMILES string of the molecule is O=C(CCNCc1ccccc1Br)N1CCCCC1. The molecule has 1 fully saturated rings. The average Bonchev–Trinajstić information content (AvgIpc) is 2.46. The van der Waals surface area contributed by atoms with Gasteiger partial charge in [0.15, 0.2) is 0 Å². The summed E-state index contributed by atoms with van der Waals surface area (Å²) in [6.45, 7) is 3.44. The van der Waals surface area contributed by atoms with Gasteiger partial charge in [-0.1, -0.05) is 34.1 Å². The highest BCUT2D eigenvalue weighted by atomic mass is 79.9. The average molecular weight is 325 g/mol. The number of benzene rings is 1. The van der Waals surface area contributed by atoms with E-state index in [1.807, 2.05) is 23.1 Å². The lowest BCUT2D eigenvalue weighted by molar-refractivity contribution is -0.131.